The van der Waals surface area contributed by atoms with Gasteiger partial charge in [0.25, 0.3) is 0 Å². The lowest BCUT2D eigenvalue weighted by atomic mass is 10.0. The normalized spacial score (nSPS) is 10.7. The summed E-state index contributed by atoms with van der Waals surface area (Å²) in [7, 11) is 0. The Morgan fingerprint density at radius 3 is 2.44 bits per heavy atom. The minimum Gasteiger partial charge on any atom is -0.491 e. The van der Waals surface area contributed by atoms with E-state index in [2.05, 4.69) is 0 Å². The highest BCUT2D eigenvalue weighted by Gasteiger charge is 2.04. The van der Waals surface area contributed by atoms with E-state index in [0.29, 0.717) is 0 Å². The van der Waals surface area contributed by atoms with E-state index in [1.807, 2.05) is 38.1 Å². The van der Waals surface area contributed by atoms with E-state index in [0.717, 1.165) is 16.9 Å². The second-order valence-electron chi connectivity index (χ2n) is 4.43. The van der Waals surface area contributed by atoms with Crippen LogP contribution in [0.5, 0.6) is 5.75 Å². The van der Waals surface area contributed by atoms with Crippen LogP contribution in [-0.2, 0) is 0 Å². The maximum atomic E-state index is 13.4. The lowest BCUT2D eigenvalue weighted by Gasteiger charge is -2.11. The van der Waals surface area contributed by atoms with E-state index in [1.165, 1.54) is 6.07 Å². The van der Waals surface area contributed by atoms with E-state index in [4.69, 9.17) is 10.5 Å². The molecule has 2 nitrogen and oxygen atoms in total. The zero-order chi connectivity index (χ0) is 13.1. The first-order chi connectivity index (χ1) is 8.56. The summed E-state index contributed by atoms with van der Waals surface area (Å²) in [6, 6.07) is 12.4. The molecule has 0 aromatic heterocycles. The van der Waals surface area contributed by atoms with Crippen LogP contribution < -0.4 is 10.5 Å². The van der Waals surface area contributed by atoms with Crippen molar-refractivity contribution in [3.8, 4) is 16.9 Å². The summed E-state index contributed by atoms with van der Waals surface area (Å²) >= 11 is 0. The predicted molar refractivity (Wildman–Crippen MR) is 72.0 cm³/mol. The van der Waals surface area contributed by atoms with Crippen LogP contribution in [0.25, 0.3) is 11.1 Å². The molecule has 0 aliphatic rings. The Kier molecular flexibility index (Phi) is 3.51. The van der Waals surface area contributed by atoms with Gasteiger partial charge in [-0.2, -0.15) is 0 Å². The fraction of sp³-hybridized carbons (Fsp3) is 0.200. The number of ether oxygens (including phenoxy) is 1. The van der Waals surface area contributed by atoms with Gasteiger partial charge >= 0.3 is 0 Å². The highest BCUT2D eigenvalue weighted by atomic mass is 19.1. The first-order valence-corrected chi connectivity index (χ1v) is 5.88. The highest BCUT2D eigenvalue weighted by Crippen LogP contribution is 2.26. The Labute approximate surface area is 106 Å². The molecule has 0 heterocycles. The van der Waals surface area contributed by atoms with Crippen LogP contribution in [0.15, 0.2) is 42.5 Å². The molecule has 3 heteroatoms. The van der Waals surface area contributed by atoms with Crippen LogP contribution in [0.1, 0.15) is 13.8 Å². The third kappa shape index (κ3) is 2.80. The van der Waals surface area contributed by atoms with Gasteiger partial charge in [-0.15, -0.1) is 0 Å². The Hall–Kier alpha value is -2.03. The molecule has 0 aliphatic heterocycles. The minimum atomic E-state index is -0.400. The van der Waals surface area contributed by atoms with E-state index in [9.17, 15) is 4.39 Å². The Bertz CT molecular complexity index is 552. The average Bonchev–Trinajstić information content (AvgIpc) is 2.32. The molecular formula is C15H16FNO. The molecule has 0 saturated carbocycles. The number of nitrogens with two attached hydrogens (primary N) is 1. The van der Waals surface area contributed by atoms with Crippen molar-refractivity contribution < 1.29 is 9.13 Å². The molecule has 0 saturated heterocycles. The van der Waals surface area contributed by atoms with E-state index >= 15 is 0 Å². The van der Waals surface area contributed by atoms with Gasteiger partial charge in [-0.1, -0.05) is 18.2 Å². The Morgan fingerprint density at radius 1 is 1.06 bits per heavy atom. The molecule has 2 rings (SSSR count). The highest BCUT2D eigenvalue weighted by molar-refractivity contribution is 5.67. The number of rotatable bonds is 3. The Morgan fingerprint density at radius 2 is 1.78 bits per heavy atom. The topological polar surface area (TPSA) is 35.2 Å². The molecule has 0 radical (unpaired) electrons. The number of hydrogen-bond acceptors (Lipinski definition) is 2. The van der Waals surface area contributed by atoms with Crippen molar-refractivity contribution in [2.45, 2.75) is 20.0 Å². The summed E-state index contributed by atoms with van der Waals surface area (Å²) in [5.74, 6) is 0.377. The maximum absolute atomic E-state index is 13.4. The number of nitrogen functional groups attached to an aromatic ring is 1. The van der Waals surface area contributed by atoms with Gasteiger partial charge in [0.1, 0.15) is 11.6 Å². The molecule has 2 N–H and O–H groups in total. The molecule has 2 aromatic rings. The van der Waals surface area contributed by atoms with Gasteiger partial charge in [0.2, 0.25) is 0 Å². The Balaban J connectivity index is 2.35. The van der Waals surface area contributed by atoms with Crippen molar-refractivity contribution in [1.29, 1.82) is 0 Å². The first-order valence-electron chi connectivity index (χ1n) is 5.88. The second-order valence-corrected chi connectivity index (χ2v) is 4.43. The summed E-state index contributed by atoms with van der Waals surface area (Å²) in [6.07, 6.45) is 0.114. The van der Waals surface area contributed by atoms with Crippen molar-refractivity contribution >= 4 is 5.69 Å². The monoisotopic (exact) mass is 245 g/mol. The molecule has 0 aliphatic carbocycles. The van der Waals surface area contributed by atoms with Crippen molar-refractivity contribution in [2.75, 3.05) is 5.73 Å². The molecule has 0 atom stereocenters. The fourth-order valence-electron chi connectivity index (χ4n) is 1.73. The largest absolute Gasteiger partial charge is 0.491 e. The molecular weight excluding hydrogens is 229 g/mol. The molecule has 18 heavy (non-hydrogen) atoms. The summed E-state index contributed by atoms with van der Waals surface area (Å²) in [4.78, 5) is 0. The number of benzene rings is 2. The smallest absolute Gasteiger partial charge is 0.146 e. The number of hydrogen-bond donors (Lipinski definition) is 1. The van der Waals surface area contributed by atoms with Crippen LogP contribution in [-0.4, -0.2) is 6.10 Å². The lowest BCUT2D eigenvalue weighted by molar-refractivity contribution is 0.242. The molecule has 2 aromatic carbocycles. The third-order valence-electron chi connectivity index (χ3n) is 2.54. The van der Waals surface area contributed by atoms with E-state index in [1.54, 1.807) is 12.1 Å². The zero-order valence-corrected chi connectivity index (χ0v) is 10.5. The van der Waals surface area contributed by atoms with Crippen molar-refractivity contribution in [3.05, 3.63) is 48.3 Å². The molecule has 0 unspecified atom stereocenters. The predicted octanol–water partition coefficient (Wildman–Crippen LogP) is 3.86. The summed E-state index contributed by atoms with van der Waals surface area (Å²) < 4.78 is 19.0. The standard InChI is InChI=1S/C15H16FNO/c1-10(2)18-13-5-3-4-11(8-13)12-6-7-15(17)14(16)9-12/h3-10H,17H2,1-2H3. The number of anilines is 1. The maximum Gasteiger partial charge on any atom is 0.146 e. The number of halogens is 1. The van der Waals surface area contributed by atoms with Gasteiger partial charge in [-0.25, -0.2) is 4.39 Å². The first kappa shape index (κ1) is 12.4. The molecule has 0 amide bonds. The van der Waals surface area contributed by atoms with Crippen LogP contribution in [0.3, 0.4) is 0 Å². The van der Waals surface area contributed by atoms with Gasteiger partial charge in [-0.3, -0.25) is 0 Å². The fourth-order valence-corrected chi connectivity index (χ4v) is 1.73. The summed E-state index contributed by atoms with van der Waals surface area (Å²) in [6.45, 7) is 3.94. The van der Waals surface area contributed by atoms with Gasteiger partial charge in [0.15, 0.2) is 0 Å². The van der Waals surface area contributed by atoms with Crippen LogP contribution in [0, 0.1) is 5.82 Å². The van der Waals surface area contributed by atoms with Crippen molar-refractivity contribution in [2.24, 2.45) is 0 Å². The molecule has 0 spiro atoms. The SMILES string of the molecule is CC(C)Oc1cccc(-c2ccc(N)c(F)c2)c1. The van der Waals surface area contributed by atoms with E-state index < -0.39 is 5.82 Å². The summed E-state index contributed by atoms with van der Waals surface area (Å²) in [5.41, 5.74) is 7.32. The van der Waals surface area contributed by atoms with Gasteiger partial charge in [-0.05, 0) is 49.2 Å². The van der Waals surface area contributed by atoms with Crippen LogP contribution >= 0.6 is 0 Å². The third-order valence-corrected chi connectivity index (χ3v) is 2.54. The van der Waals surface area contributed by atoms with Crippen LogP contribution in [0.4, 0.5) is 10.1 Å². The second kappa shape index (κ2) is 5.08. The van der Waals surface area contributed by atoms with Crippen molar-refractivity contribution in [1.82, 2.24) is 0 Å². The van der Waals surface area contributed by atoms with Gasteiger partial charge in [0, 0.05) is 0 Å². The quantitative estimate of drug-likeness (QED) is 0.833. The van der Waals surface area contributed by atoms with Crippen molar-refractivity contribution in [3.63, 3.8) is 0 Å². The van der Waals surface area contributed by atoms with Gasteiger partial charge < -0.3 is 10.5 Å². The average molecular weight is 245 g/mol. The molecule has 0 fully saturated rings. The minimum absolute atomic E-state index is 0.114. The molecule has 94 valence electrons. The van der Waals surface area contributed by atoms with Crippen LogP contribution in [0.2, 0.25) is 0 Å². The lowest BCUT2D eigenvalue weighted by Crippen LogP contribution is -2.05. The zero-order valence-electron chi connectivity index (χ0n) is 10.5. The van der Waals surface area contributed by atoms with Gasteiger partial charge in [0.05, 0.1) is 11.8 Å². The molecule has 0 bridgehead atoms. The van der Waals surface area contributed by atoms with E-state index in [-0.39, 0.29) is 11.8 Å². The summed E-state index contributed by atoms with van der Waals surface area (Å²) in [5, 5.41) is 0.